The maximum atomic E-state index is 5.36. The third-order valence-electron chi connectivity index (χ3n) is 2.44. The summed E-state index contributed by atoms with van der Waals surface area (Å²) in [6, 6.07) is 2.25. The zero-order chi connectivity index (χ0) is 10.8. The Labute approximate surface area is 100 Å². The Bertz CT molecular complexity index is 369. The first-order valence-corrected chi connectivity index (χ1v) is 6.44. The van der Waals surface area contributed by atoms with E-state index in [0.717, 1.165) is 18.1 Å². The molecule has 0 bridgehead atoms. The first-order valence-electron chi connectivity index (χ1n) is 5.21. The molecule has 4 heteroatoms. The molecule has 1 aliphatic heterocycles. The monoisotopic (exact) mass is 240 g/mol. The van der Waals surface area contributed by atoms with E-state index in [1.807, 2.05) is 11.3 Å². The fraction of sp³-hybridized carbons (Fsp3) is 0.545. The maximum absolute atomic E-state index is 5.36. The summed E-state index contributed by atoms with van der Waals surface area (Å²) >= 11 is 7.27. The van der Waals surface area contributed by atoms with E-state index in [4.69, 9.17) is 12.2 Å². The molecule has 0 saturated heterocycles. The van der Waals surface area contributed by atoms with Crippen LogP contribution in [0.3, 0.4) is 0 Å². The molecule has 1 aromatic rings. The van der Waals surface area contributed by atoms with E-state index in [9.17, 15) is 0 Å². The fourth-order valence-electron chi connectivity index (χ4n) is 1.80. The van der Waals surface area contributed by atoms with Gasteiger partial charge in [-0.15, -0.1) is 11.3 Å². The predicted molar refractivity (Wildman–Crippen MR) is 69.7 cm³/mol. The lowest BCUT2D eigenvalue weighted by Crippen LogP contribution is -2.21. The molecule has 82 valence electrons. The fourth-order valence-corrected chi connectivity index (χ4v) is 3.48. The molecule has 0 fully saturated rings. The SMILES string of the molecule is CN(C)Cc1cc2c(s1)CCCNC2=S. The van der Waals surface area contributed by atoms with Gasteiger partial charge in [-0.3, -0.25) is 0 Å². The van der Waals surface area contributed by atoms with Crippen molar-refractivity contribution in [1.29, 1.82) is 0 Å². The average molecular weight is 240 g/mol. The molecule has 1 aliphatic rings. The van der Waals surface area contributed by atoms with E-state index in [2.05, 4.69) is 30.4 Å². The quantitative estimate of drug-likeness (QED) is 0.796. The van der Waals surface area contributed by atoms with Gasteiger partial charge in [-0.05, 0) is 33.0 Å². The van der Waals surface area contributed by atoms with Crippen molar-refractivity contribution in [2.75, 3.05) is 20.6 Å². The van der Waals surface area contributed by atoms with Gasteiger partial charge in [-0.2, -0.15) is 0 Å². The van der Waals surface area contributed by atoms with E-state index >= 15 is 0 Å². The molecule has 0 aromatic carbocycles. The molecule has 0 atom stereocenters. The zero-order valence-electron chi connectivity index (χ0n) is 9.17. The van der Waals surface area contributed by atoms with E-state index in [1.165, 1.54) is 28.2 Å². The Balaban J connectivity index is 2.25. The van der Waals surface area contributed by atoms with Crippen molar-refractivity contribution < 1.29 is 0 Å². The molecule has 0 saturated carbocycles. The number of thiocarbonyl (C=S) groups is 1. The van der Waals surface area contributed by atoms with Crippen LogP contribution in [0.25, 0.3) is 0 Å². The Morgan fingerprint density at radius 2 is 2.33 bits per heavy atom. The van der Waals surface area contributed by atoms with Gasteiger partial charge in [-0.25, -0.2) is 0 Å². The number of thiophene rings is 1. The molecule has 2 heterocycles. The first kappa shape index (κ1) is 11.0. The molecule has 15 heavy (non-hydrogen) atoms. The highest BCUT2D eigenvalue weighted by Gasteiger charge is 2.15. The number of hydrogen-bond donors (Lipinski definition) is 1. The summed E-state index contributed by atoms with van der Waals surface area (Å²) < 4.78 is 0. The van der Waals surface area contributed by atoms with Gasteiger partial charge in [-0.1, -0.05) is 12.2 Å². The molecule has 0 amide bonds. The minimum atomic E-state index is 0.934. The first-order chi connectivity index (χ1) is 7.16. The second-order valence-electron chi connectivity index (χ2n) is 4.15. The van der Waals surface area contributed by atoms with Crippen molar-refractivity contribution in [3.63, 3.8) is 0 Å². The second-order valence-corrected chi connectivity index (χ2v) is 5.78. The Kier molecular flexibility index (Phi) is 3.38. The molecule has 2 nitrogen and oxygen atoms in total. The molecule has 2 rings (SSSR count). The average Bonchev–Trinajstić information content (AvgIpc) is 2.47. The second kappa shape index (κ2) is 4.60. The third kappa shape index (κ3) is 2.56. The van der Waals surface area contributed by atoms with Crippen molar-refractivity contribution in [1.82, 2.24) is 10.2 Å². The van der Waals surface area contributed by atoms with Crippen LogP contribution in [0.1, 0.15) is 21.7 Å². The van der Waals surface area contributed by atoms with Gasteiger partial charge < -0.3 is 10.2 Å². The standard InChI is InChI=1S/C11H16N2S2/c1-13(2)7-8-6-9-10(15-8)4-3-5-12-11(9)14/h6H,3-5,7H2,1-2H3,(H,12,14). The van der Waals surface area contributed by atoms with E-state index in [-0.39, 0.29) is 0 Å². The van der Waals surface area contributed by atoms with Crippen LogP contribution >= 0.6 is 23.6 Å². The number of nitrogens with one attached hydrogen (secondary N) is 1. The van der Waals surface area contributed by atoms with Crippen molar-refractivity contribution in [2.24, 2.45) is 0 Å². The molecular weight excluding hydrogens is 224 g/mol. The molecule has 1 aromatic heterocycles. The van der Waals surface area contributed by atoms with Gasteiger partial charge in [0.1, 0.15) is 4.99 Å². The summed E-state index contributed by atoms with van der Waals surface area (Å²) in [7, 11) is 4.20. The van der Waals surface area contributed by atoms with Crippen LogP contribution in [0.15, 0.2) is 6.07 Å². The van der Waals surface area contributed by atoms with Crippen LogP contribution in [0.5, 0.6) is 0 Å². The normalized spacial score (nSPS) is 16.1. The Hall–Kier alpha value is -0.450. The highest BCUT2D eigenvalue weighted by molar-refractivity contribution is 7.80. The number of aryl methyl sites for hydroxylation is 1. The van der Waals surface area contributed by atoms with E-state index < -0.39 is 0 Å². The number of rotatable bonds is 2. The van der Waals surface area contributed by atoms with Gasteiger partial charge in [0.15, 0.2) is 0 Å². The van der Waals surface area contributed by atoms with Gasteiger partial charge in [0.05, 0.1) is 0 Å². The lowest BCUT2D eigenvalue weighted by molar-refractivity contribution is 0.406. The lowest BCUT2D eigenvalue weighted by atomic mass is 10.2. The predicted octanol–water partition coefficient (Wildman–Crippen LogP) is 2.02. The van der Waals surface area contributed by atoms with Crippen LogP contribution in [-0.4, -0.2) is 30.5 Å². The number of nitrogens with zero attached hydrogens (tertiary/aromatic N) is 1. The van der Waals surface area contributed by atoms with Gasteiger partial charge in [0, 0.05) is 28.4 Å². The minimum Gasteiger partial charge on any atom is -0.376 e. The molecule has 0 aliphatic carbocycles. The maximum Gasteiger partial charge on any atom is 0.107 e. The van der Waals surface area contributed by atoms with Crippen LogP contribution in [-0.2, 0) is 13.0 Å². The highest BCUT2D eigenvalue weighted by atomic mass is 32.1. The largest absolute Gasteiger partial charge is 0.376 e. The van der Waals surface area contributed by atoms with Crippen molar-refractivity contribution in [3.8, 4) is 0 Å². The molecule has 0 unspecified atom stereocenters. The minimum absolute atomic E-state index is 0.934. The molecule has 0 spiro atoms. The Morgan fingerprint density at radius 1 is 1.53 bits per heavy atom. The smallest absolute Gasteiger partial charge is 0.107 e. The summed E-state index contributed by atoms with van der Waals surface area (Å²) in [5.41, 5.74) is 1.27. The molecule has 0 radical (unpaired) electrons. The van der Waals surface area contributed by atoms with Crippen LogP contribution in [0.2, 0.25) is 0 Å². The summed E-state index contributed by atoms with van der Waals surface area (Å²) in [5.74, 6) is 0. The van der Waals surface area contributed by atoms with Crippen LogP contribution < -0.4 is 5.32 Å². The van der Waals surface area contributed by atoms with Crippen LogP contribution in [0.4, 0.5) is 0 Å². The lowest BCUT2D eigenvalue weighted by Gasteiger charge is -2.06. The van der Waals surface area contributed by atoms with Crippen molar-refractivity contribution in [3.05, 3.63) is 21.4 Å². The third-order valence-corrected chi connectivity index (χ3v) is 3.99. The molecule has 1 N–H and O–H groups in total. The zero-order valence-corrected chi connectivity index (χ0v) is 10.8. The van der Waals surface area contributed by atoms with E-state index in [0.29, 0.717) is 0 Å². The topological polar surface area (TPSA) is 15.3 Å². The molecular formula is C11H16N2S2. The van der Waals surface area contributed by atoms with Gasteiger partial charge in [0.2, 0.25) is 0 Å². The number of fused-ring (bicyclic) bond motifs is 1. The number of hydrogen-bond acceptors (Lipinski definition) is 3. The summed E-state index contributed by atoms with van der Waals surface area (Å²) in [4.78, 5) is 6.00. The van der Waals surface area contributed by atoms with Crippen molar-refractivity contribution in [2.45, 2.75) is 19.4 Å². The summed E-state index contributed by atoms with van der Waals surface area (Å²) in [5, 5.41) is 3.29. The Morgan fingerprint density at radius 3 is 3.07 bits per heavy atom. The summed E-state index contributed by atoms with van der Waals surface area (Å²) in [6.45, 7) is 2.03. The van der Waals surface area contributed by atoms with Crippen LogP contribution in [0, 0.1) is 0 Å². The summed E-state index contributed by atoms with van der Waals surface area (Å²) in [6.07, 6.45) is 2.36. The van der Waals surface area contributed by atoms with E-state index in [1.54, 1.807) is 0 Å². The van der Waals surface area contributed by atoms with Crippen molar-refractivity contribution >= 4 is 28.5 Å². The van der Waals surface area contributed by atoms with Gasteiger partial charge >= 0.3 is 0 Å². The highest BCUT2D eigenvalue weighted by Crippen LogP contribution is 2.26. The van der Waals surface area contributed by atoms with Gasteiger partial charge in [0.25, 0.3) is 0 Å².